The predicted molar refractivity (Wildman–Crippen MR) is 78.8 cm³/mol. The zero-order valence-electron chi connectivity index (χ0n) is 11.1. The van der Waals surface area contributed by atoms with Gasteiger partial charge < -0.3 is 5.32 Å². The van der Waals surface area contributed by atoms with Gasteiger partial charge in [0.2, 0.25) is 0 Å². The van der Waals surface area contributed by atoms with E-state index < -0.39 is 0 Å². The van der Waals surface area contributed by atoms with Gasteiger partial charge in [0.1, 0.15) is 5.82 Å². The van der Waals surface area contributed by atoms with E-state index in [1.54, 1.807) is 6.07 Å². The van der Waals surface area contributed by atoms with Gasteiger partial charge >= 0.3 is 0 Å². The first kappa shape index (κ1) is 14.0. The summed E-state index contributed by atoms with van der Waals surface area (Å²) in [6.07, 6.45) is 0. The smallest absolute Gasteiger partial charge is 0.127 e. The second-order valence-corrected chi connectivity index (χ2v) is 5.23. The van der Waals surface area contributed by atoms with E-state index in [1.165, 1.54) is 6.07 Å². The molecule has 0 aromatic heterocycles. The van der Waals surface area contributed by atoms with Crippen molar-refractivity contribution in [2.45, 2.75) is 26.4 Å². The van der Waals surface area contributed by atoms with E-state index in [2.05, 4.69) is 5.32 Å². The molecule has 0 atom stereocenters. The average Bonchev–Trinajstić information content (AvgIpc) is 2.38. The molecule has 100 valence electrons. The molecule has 2 aromatic rings. The Morgan fingerprint density at radius 2 is 1.89 bits per heavy atom. The van der Waals surface area contributed by atoms with Gasteiger partial charge in [-0.3, -0.25) is 0 Å². The van der Waals surface area contributed by atoms with Gasteiger partial charge in [0.15, 0.2) is 0 Å². The molecule has 2 rings (SSSR count). The highest BCUT2D eigenvalue weighted by Gasteiger charge is 2.08. The molecule has 0 heterocycles. The van der Waals surface area contributed by atoms with Crippen molar-refractivity contribution in [3.05, 3.63) is 58.9 Å². The molecule has 3 heteroatoms. The van der Waals surface area contributed by atoms with Crippen LogP contribution in [0.4, 0.5) is 4.39 Å². The molecule has 0 radical (unpaired) electrons. The van der Waals surface area contributed by atoms with E-state index >= 15 is 0 Å². The van der Waals surface area contributed by atoms with Crippen LogP contribution in [0.1, 0.15) is 19.4 Å². The van der Waals surface area contributed by atoms with Crippen molar-refractivity contribution in [1.29, 1.82) is 0 Å². The van der Waals surface area contributed by atoms with Crippen molar-refractivity contribution in [3.63, 3.8) is 0 Å². The van der Waals surface area contributed by atoms with Crippen LogP contribution >= 0.6 is 11.6 Å². The summed E-state index contributed by atoms with van der Waals surface area (Å²) in [5, 5.41) is 3.90. The van der Waals surface area contributed by atoms with Crippen LogP contribution in [0.5, 0.6) is 0 Å². The summed E-state index contributed by atoms with van der Waals surface area (Å²) in [7, 11) is 0. The van der Waals surface area contributed by atoms with Crippen LogP contribution in [0.25, 0.3) is 11.1 Å². The van der Waals surface area contributed by atoms with Gasteiger partial charge in [0.05, 0.1) is 0 Å². The van der Waals surface area contributed by atoms with Crippen LogP contribution < -0.4 is 5.32 Å². The van der Waals surface area contributed by atoms with Crippen molar-refractivity contribution < 1.29 is 4.39 Å². The second-order valence-electron chi connectivity index (χ2n) is 4.82. The van der Waals surface area contributed by atoms with Gasteiger partial charge in [-0.1, -0.05) is 49.7 Å². The standard InChI is InChI=1S/C16H17ClFN/c1-11(2)19-10-13-9-12(7-8-16(13)18)14-5-3-4-6-15(14)17/h3-9,11,19H,10H2,1-2H3. The van der Waals surface area contributed by atoms with Crippen molar-refractivity contribution in [2.24, 2.45) is 0 Å². The van der Waals surface area contributed by atoms with Gasteiger partial charge in [0.25, 0.3) is 0 Å². The van der Waals surface area contributed by atoms with Gasteiger partial charge in [0, 0.05) is 28.7 Å². The molecule has 19 heavy (non-hydrogen) atoms. The second kappa shape index (κ2) is 6.18. The first-order valence-corrected chi connectivity index (χ1v) is 6.72. The minimum atomic E-state index is -0.191. The maximum absolute atomic E-state index is 13.8. The first-order chi connectivity index (χ1) is 9.08. The molecule has 0 unspecified atom stereocenters. The fourth-order valence-corrected chi connectivity index (χ4v) is 2.13. The Hall–Kier alpha value is -1.38. The number of hydrogen-bond donors (Lipinski definition) is 1. The molecule has 0 spiro atoms. The minimum Gasteiger partial charge on any atom is -0.310 e. The summed E-state index contributed by atoms with van der Waals surface area (Å²) in [5.74, 6) is -0.191. The van der Waals surface area contributed by atoms with Gasteiger partial charge in [-0.15, -0.1) is 0 Å². The lowest BCUT2D eigenvalue weighted by Crippen LogP contribution is -2.22. The lowest BCUT2D eigenvalue weighted by Gasteiger charge is -2.11. The molecular formula is C16H17ClFN. The average molecular weight is 278 g/mol. The predicted octanol–water partition coefficient (Wildman–Crippen LogP) is 4.64. The third-order valence-corrected chi connectivity index (χ3v) is 3.26. The van der Waals surface area contributed by atoms with E-state index in [4.69, 9.17) is 11.6 Å². The molecule has 0 aliphatic carbocycles. The van der Waals surface area contributed by atoms with E-state index in [1.807, 2.05) is 44.2 Å². The highest BCUT2D eigenvalue weighted by Crippen LogP contribution is 2.28. The largest absolute Gasteiger partial charge is 0.310 e. The lowest BCUT2D eigenvalue weighted by molar-refractivity contribution is 0.553. The molecule has 1 N–H and O–H groups in total. The Balaban J connectivity index is 2.33. The van der Waals surface area contributed by atoms with Crippen molar-refractivity contribution in [2.75, 3.05) is 0 Å². The number of benzene rings is 2. The number of halogens is 2. The van der Waals surface area contributed by atoms with Crippen LogP contribution in [-0.4, -0.2) is 6.04 Å². The van der Waals surface area contributed by atoms with Crippen LogP contribution in [-0.2, 0) is 6.54 Å². The number of nitrogens with one attached hydrogen (secondary N) is 1. The summed E-state index contributed by atoms with van der Waals surface area (Å²) in [6, 6.07) is 13.0. The van der Waals surface area contributed by atoms with E-state index in [9.17, 15) is 4.39 Å². The topological polar surface area (TPSA) is 12.0 Å². The summed E-state index contributed by atoms with van der Waals surface area (Å²) >= 11 is 6.17. The molecule has 0 amide bonds. The van der Waals surface area contributed by atoms with Crippen LogP contribution in [0.15, 0.2) is 42.5 Å². The van der Waals surface area contributed by atoms with Gasteiger partial charge in [-0.05, 0) is 23.8 Å². The zero-order valence-corrected chi connectivity index (χ0v) is 11.8. The fraction of sp³-hybridized carbons (Fsp3) is 0.250. The Morgan fingerprint density at radius 1 is 1.16 bits per heavy atom. The van der Waals surface area contributed by atoms with E-state index in [0.717, 1.165) is 11.1 Å². The van der Waals surface area contributed by atoms with E-state index in [-0.39, 0.29) is 5.82 Å². The lowest BCUT2D eigenvalue weighted by atomic mass is 10.0. The van der Waals surface area contributed by atoms with Gasteiger partial charge in [-0.2, -0.15) is 0 Å². The summed E-state index contributed by atoms with van der Waals surface area (Å²) in [4.78, 5) is 0. The minimum absolute atomic E-state index is 0.191. The van der Waals surface area contributed by atoms with Crippen LogP contribution in [0.2, 0.25) is 5.02 Å². The maximum Gasteiger partial charge on any atom is 0.127 e. The fourth-order valence-electron chi connectivity index (χ4n) is 1.89. The molecule has 2 aromatic carbocycles. The quantitative estimate of drug-likeness (QED) is 0.858. The van der Waals surface area contributed by atoms with Crippen LogP contribution in [0, 0.1) is 5.82 Å². The number of hydrogen-bond acceptors (Lipinski definition) is 1. The molecule has 0 saturated heterocycles. The Bertz CT molecular complexity index is 566. The molecule has 0 saturated carbocycles. The highest BCUT2D eigenvalue weighted by atomic mass is 35.5. The molecule has 0 fully saturated rings. The van der Waals surface area contributed by atoms with E-state index in [0.29, 0.717) is 23.2 Å². The molecule has 0 aliphatic rings. The molecule has 0 aliphatic heterocycles. The zero-order chi connectivity index (χ0) is 13.8. The SMILES string of the molecule is CC(C)NCc1cc(-c2ccccc2Cl)ccc1F. The summed E-state index contributed by atoms with van der Waals surface area (Å²) < 4.78 is 13.8. The van der Waals surface area contributed by atoms with Crippen molar-refractivity contribution in [1.82, 2.24) is 5.32 Å². The van der Waals surface area contributed by atoms with Crippen molar-refractivity contribution in [3.8, 4) is 11.1 Å². The molecule has 0 bridgehead atoms. The maximum atomic E-state index is 13.8. The van der Waals surface area contributed by atoms with Crippen molar-refractivity contribution >= 4 is 11.6 Å². The first-order valence-electron chi connectivity index (χ1n) is 6.34. The summed E-state index contributed by atoms with van der Waals surface area (Å²) in [6.45, 7) is 4.59. The third kappa shape index (κ3) is 3.55. The third-order valence-electron chi connectivity index (χ3n) is 2.93. The normalized spacial score (nSPS) is 11.0. The number of rotatable bonds is 4. The Morgan fingerprint density at radius 3 is 2.58 bits per heavy atom. The molecule has 1 nitrogen and oxygen atoms in total. The van der Waals surface area contributed by atoms with Gasteiger partial charge in [-0.25, -0.2) is 4.39 Å². The molecular weight excluding hydrogens is 261 g/mol. The highest BCUT2D eigenvalue weighted by molar-refractivity contribution is 6.33. The Labute approximate surface area is 118 Å². The summed E-state index contributed by atoms with van der Waals surface area (Å²) in [5.41, 5.74) is 2.52. The Kier molecular flexibility index (Phi) is 4.56. The monoisotopic (exact) mass is 277 g/mol. The van der Waals surface area contributed by atoms with Crippen LogP contribution in [0.3, 0.4) is 0 Å².